The summed E-state index contributed by atoms with van der Waals surface area (Å²) in [6.45, 7) is 0. The van der Waals surface area contributed by atoms with Gasteiger partial charge in [0.1, 0.15) is 0 Å². The fraction of sp³-hybridized carbons (Fsp3) is 0.333. The van der Waals surface area contributed by atoms with E-state index in [1.807, 2.05) is 0 Å². The molecule has 0 amide bonds. The Kier molecular flexibility index (Phi) is 3.87. The third kappa shape index (κ3) is 6.17. The maximum atomic E-state index is 11.3. The molecule has 11 heavy (non-hydrogen) atoms. The van der Waals surface area contributed by atoms with Crippen LogP contribution >= 0.6 is 21.6 Å². The van der Waals surface area contributed by atoms with Gasteiger partial charge in [0.2, 0.25) is 0 Å². The van der Waals surface area contributed by atoms with E-state index in [-0.39, 0.29) is 0 Å². The van der Waals surface area contributed by atoms with Gasteiger partial charge in [-0.25, -0.2) is 0 Å². The second-order valence-corrected chi connectivity index (χ2v) is 3.34. The smallest absolute Gasteiger partial charge is 0.274 e. The molecular formula is C3F4O2S2. The van der Waals surface area contributed by atoms with Crippen LogP contribution in [0.2, 0.25) is 0 Å². The lowest BCUT2D eigenvalue weighted by molar-refractivity contribution is -0.138. The molecule has 0 atom stereocenters. The van der Waals surface area contributed by atoms with Crippen LogP contribution in [0.25, 0.3) is 0 Å². The lowest BCUT2D eigenvalue weighted by Crippen LogP contribution is -2.04. The van der Waals surface area contributed by atoms with Crippen LogP contribution in [0, 0.1) is 0 Å². The molecule has 2 nitrogen and oxygen atoms in total. The van der Waals surface area contributed by atoms with Crippen LogP contribution in [-0.4, -0.2) is 16.7 Å². The van der Waals surface area contributed by atoms with Crippen molar-refractivity contribution in [2.45, 2.75) is 5.51 Å². The van der Waals surface area contributed by atoms with E-state index in [1.54, 1.807) is 0 Å². The lowest BCUT2D eigenvalue weighted by atomic mass is 10.8. The molecule has 0 fully saturated rings. The first-order valence-corrected chi connectivity index (χ1v) is 4.14. The molecule has 0 aliphatic heterocycles. The zero-order valence-corrected chi connectivity index (χ0v) is 6.28. The topological polar surface area (TPSA) is 34.1 Å². The van der Waals surface area contributed by atoms with Crippen molar-refractivity contribution < 1.29 is 27.2 Å². The summed E-state index contributed by atoms with van der Waals surface area (Å²) >= 11 is 0. The van der Waals surface area contributed by atoms with E-state index < -0.39 is 38.2 Å². The summed E-state index contributed by atoms with van der Waals surface area (Å²) in [7, 11) is -1.30. The van der Waals surface area contributed by atoms with Crippen molar-refractivity contribution in [2.75, 3.05) is 0 Å². The molecule has 0 aliphatic carbocycles. The van der Waals surface area contributed by atoms with Crippen LogP contribution in [0.1, 0.15) is 0 Å². The second-order valence-electron chi connectivity index (χ2n) is 1.17. The van der Waals surface area contributed by atoms with E-state index >= 15 is 0 Å². The van der Waals surface area contributed by atoms with Gasteiger partial charge >= 0.3 is 11.5 Å². The van der Waals surface area contributed by atoms with Crippen LogP contribution in [-0.2, 0) is 9.59 Å². The minimum Gasteiger partial charge on any atom is -0.274 e. The van der Waals surface area contributed by atoms with Gasteiger partial charge in [0.15, 0.2) is 0 Å². The Labute approximate surface area is 66.1 Å². The third-order valence-corrected chi connectivity index (χ3v) is 2.23. The predicted molar refractivity (Wildman–Crippen MR) is 32.4 cm³/mol. The van der Waals surface area contributed by atoms with Crippen LogP contribution in [0.5, 0.6) is 0 Å². The molecule has 64 valence electrons. The summed E-state index contributed by atoms with van der Waals surface area (Å²) in [4.78, 5) is 19.3. The fourth-order valence-electron chi connectivity index (χ4n) is 0.118. The Morgan fingerprint density at radius 3 is 1.91 bits per heavy atom. The van der Waals surface area contributed by atoms with Gasteiger partial charge in [-0.05, 0) is 0 Å². The van der Waals surface area contributed by atoms with E-state index in [1.165, 1.54) is 0 Å². The molecule has 8 heteroatoms. The first-order chi connectivity index (χ1) is 4.83. The monoisotopic (exact) mass is 208 g/mol. The molecule has 0 spiro atoms. The zero-order chi connectivity index (χ0) is 9.07. The molecule has 0 heterocycles. The molecule has 0 aromatic heterocycles. The quantitative estimate of drug-likeness (QED) is 0.300. The molecule has 0 saturated heterocycles. The van der Waals surface area contributed by atoms with Crippen molar-refractivity contribution in [2.24, 2.45) is 0 Å². The van der Waals surface area contributed by atoms with E-state index in [9.17, 15) is 27.2 Å². The summed E-state index contributed by atoms with van der Waals surface area (Å²) in [5.41, 5.74) is -4.64. The first kappa shape index (κ1) is 10.8. The van der Waals surface area contributed by atoms with E-state index in [2.05, 4.69) is 0 Å². The summed E-state index contributed by atoms with van der Waals surface area (Å²) in [6.07, 6.45) is 0. The summed E-state index contributed by atoms with van der Waals surface area (Å²) in [6, 6.07) is -2.38. The van der Waals surface area contributed by atoms with Gasteiger partial charge in [0.05, 0.1) is 0 Å². The Morgan fingerprint density at radius 2 is 1.64 bits per heavy atom. The molecule has 0 N–H and O–H groups in total. The normalized spacial score (nSPS) is 11.3. The number of hydrogen-bond acceptors (Lipinski definition) is 4. The Balaban J connectivity index is 3.73. The fourth-order valence-corrected chi connectivity index (χ4v) is 1.06. The van der Waals surface area contributed by atoms with Gasteiger partial charge < -0.3 is 0 Å². The molecule has 0 radical (unpaired) electrons. The maximum Gasteiger partial charge on any atom is 0.452 e. The summed E-state index contributed by atoms with van der Waals surface area (Å²) in [5.74, 6) is 0. The van der Waals surface area contributed by atoms with Crippen molar-refractivity contribution in [3.05, 3.63) is 0 Å². The minimum absolute atomic E-state index is 0.480. The highest BCUT2D eigenvalue weighted by Crippen LogP contribution is 2.40. The van der Waals surface area contributed by atoms with Gasteiger partial charge in [0, 0.05) is 21.6 Å². The van der Waals surface area contributed by atoms with E-state index in [4.69, 9.17) is 0 Å². The molecule has 0 bridgehead atoms. The van der Waals surface area contributed by atoms with Gasteiger partial charge in [-0.2, -0.15) is 17.6 Å². The molecule has 0 saturated carbocycles. The van der Waals surface area contributed by atoms with Crippen LogP contribution in [0.15, 0.2) is 0 Å². The zero-order valence-electron chi connectivity index (χ0n) is 4.64. The standard InChI is InChI=1S/C3F4O2S2/c4-1(8)2(9)10-11-3(5,6)7. The predicted octanol–water partition coefficient (Wildman–Crippen LogP) is 1.91. The van der Waals surface area contributed by atoms with Gasteiger partial charge in [-0.1, -0.05) is 0 Å². The van der Waals surface area contributed by atoms with Crippen molar-refractivity contribution in [3.63, 3.8) is 0 Å². The average Bonchev–Trinajstić information content (AvgIpc) is 1.80. The lowest BCUT2D eigenvalue weighted by Gasteiger charge is -1.99. The second kappa shape index (κ2) is 3.96. The maximum absolute atomic E-state index is 11.3. The molecule has 0 aromatic carbocycles. The van der Waals surface area contributed by atoms with Crippen molar-refractivity contribution in [1.82, 2.24) is 0 Å². The van der Waals surface area contributed by atoms with E-state index in [0.29, 0.717) is 0 Å². The van der Waals surface area contributed by atoms with Crippen LogP contribution in [0.4, 0.5) is 17.6 Å². The number of halogens is 4. The Hall–Kier alpha value is -0.240. The van der Waals surface area contributed by atoms with Gasteiger partial charge in [-0.3, -0.25) is 9.59 Å². The number of rotatable bonds is 2. The number of alkyl halides is 3. The van der Waals surface area contributed by atoms with Crippen LogP contribution in [0.3, 0.4) is 0 Å². The van der Waals surface area contributed by atoms with Gasteiger partial charge in [-0.15, -0.1) is 0 Å². The van der Waals surface area contributed by atoms with Crippen LogP contribution < -0.4 is 0 Å². The highest BCUT2D eigenvalue weighted by atomic mass is 33.1. The molecule has 0 rings (SSSR count). The summed E-state index contributed by atoms with van der Waals surface area (Å²) < 4.78 is 45.0. The van der Waals surface area contributed by atoms with Crippen molar-refractivity contribution in [1.29, 1.82) is 0 Å². The highest BCUT2D eigenvalue weighted by molar-refractivity contribution is 8.82. The average molecular weight is 208 g/mol. The number of hydrogen-bond donors (Lipinski definition) is 0. The van der Waals surface area contributed by atoms with E-state index in [0.717, 1.165) is 0 Å². The van der Waals surface area contributed by atoms with Gasteiger partial charge in [0.25, 0.3) is 5.12 Å². The number of carbonyl (C=O) groups excluding carboxylic acids is 2. The molecule has 0 aliphatic rings. The Bertz CT molecular complexity index is 177. The van der Waals surface area contributed by atoms with Crippen molar-refractivity contribution >= 4 is 32.7 Å². The van der Waals surface area contributed by atoms with Crippen molar-refractivity contribution in [3.8, 4) is 0 Å². The molecular weight excluding hydrogens is 208 g/mol. The Morgan fingerprint density at radius 1 is 1.18 bits per heavy atom. The first-order valence-electron chi connectivity index (χ1n) is 1.99. The number of carbonyl (C=O) groups is 2. The summed E-state index contributed by atoms with van der Waals surface area (Å²) in [5, 5.41) is -1.76. The molecule has 0 aromatic rings. The largest absolute Gasteiger partial charge is 0.452 e. The SMILES string of the molecule is O=C(F)C(=O)SSC(F)(F)F. The third-order valence-electron chi connectivity index (χ3n) is 0.372. The minimum atomic E-state index is -4.64. The highest BCUT2D eigenvalue weighted by Gasteiger charge is 2.32. The molecule has 0 unspecified atom stereocenters.